The fraction of sp³-hybridized carbons (Fsp3) is 0. The van der Waals surface area contributed by atoms with Crippen LogP contribution in [0.2, 0.25) is 5.02 Å². The quantitative estimate of drug-likeness (QED) is 0.317. The lowest BCUT2D eigenvalue weighted by Gasteiger charge is -2.00. The molecule has 1 amide bonds. The zero-order valence-electron chi connectivity index (χ0n) is 16.7. The van der Waals surface area contributed by atoms with Crippen LogP contribution in [-0.4, -0.2) is 15.9 Å². The predicted octanol–water partition coefficient (Wildman–Crippen LogP) is 6.46. The molecule has 6 nitrogen and oxygen atoms in total. The lowest BCUT2D eigenvalue weighted by Crippen LogP contribution is -2.07. The number of fused-ring (bicyclic) bond motifs is 1. The van der Waals surface area contributed by atoms with Gasteiger partial charge in [-0.15, -0.1) is 0 Å². The molecule has 2 aromatic carbocycles. The van der Waals surface area contributed by atoms with Gasteiger partial charge in [0.15, 0.2) is 5.58 Å². The van der Waals surface area contributed by atoms with Crippen LogP contribution < -0.4 is 5.32 Å². The summed E-state index contributed by atoms with van der Waals surface area (Å²) in [6, 6.07) is 20.0. The van der Waals surface area contributed by atoms with Crippen molar-refractivity contribution in [2.24, 2.45) is 0 Å². The molecule has 0 aliphatic rings. The van der Waals surface area contributed by atoms with E-state index in [-0.39, 0.29) is 5.91 Å². The van der Waals surface area contributed by atoms with Gasteiger partial charge in [0.05, 0.1) is 5.56 Å². The Morgan fingerprint density at radius 1 is 0.969 bits per heavy atom. The van der Waals surface area contributed by atoms with E-state index in [4.69, 9.17) is 20.4 Å². The molecule has 5 rings (SSSR count). The average molecular weight is 442 g/mol. The third kappa shape index (κ3) is 4.31. The summed E-state index contributed by atoms with van der Waals surface area (Å²) in [5, 5.41) is 3.48. The number of nitrogens with one attached hydrogen (secondary N) is 1. The van der Waals surface area contributed by atoms with Crippen molar-refractivity contribution >= 4 is 40.4 Å². The second-order valence-corrected chi connectivity index (χ2v) is 7.41. The third-order valence-corrected chi connectivity index (χ3v) is 4.97. The van der Waals surface area contributed by atoms with Crippen LogP contribution in [0.4, 0.5) is 5.69 Å². The van der Waals surface area contributed by atoms with Crippen LogP contribution in [0.1, 0.15) is 5.76 Å². The number of oxazole rings is 1. The molecule has 0 unspecified atom stereocenters. The number of anilines is 1. The number of benzene rings is 2. The molecule has 3 heterocycles. The highest BCUT2D eigenvalue weighted by Gasteiger charge is 2.10. The Balaban J connectivity index is 1.27. The summed E-state index contributed by atoms with van der Waals surface area (Å²) in [4.78, 5) is 20.9. The summed E-state index contributed by atoms with van der Waals surface area (Å²) in [6.45, 7) is 0. The Bertz CT molecular complexity index is 1420. The van der Waals surface area contributed by atoms with Gasteiger partial charge >= 0.3 is 0 Å². The normalized spacial score (nSPS) is 11.3. The summed E-state index contributed by atoms with van der Waals surface area (Å²) in [7, 11) is 0. The lowest BCUT2D eigenvalue weighted by molar-refractivity contribution is -0.111. The average Bonchev–Trinajstić information content (AvgIpc) is 3.46. The lowest BCUT2D eigenvalue weighted by atomic mass is 10.2. The number of rotatable bonds is 5. The molecule has 32 heavy (non-hydrogen) atoms. The summed E-state index contributed by atoms with van der Waals surface area (Å²) in [5.74, 6) is 1.45. The number of aromatic nitrogens is 2. The van der Waals surface area contributed by atoms with E-state index in [0.29, 0.717) is 39.2 Å². The van der Waals surface area contributed by atoms with Gasteiger partial charge in [0.2, 0.25) is 11.8 Å². The van der Waals surface area contributed by atoms with Gasteiger partial charge in [0.25, 0.3) is 0 Å². The molecule has 0 atom stereocenters. The van der Waals surface area contributed by atoms with E-state index in [1.165, 1.54) is 6.08 Å². The first kappa shape index (κ1) is 19.8. The van der Waals surface area contributed by atoms with E-state index in [2.05, 4.69) is 15.3 Å². The van der Waals surface area contributed by atoms with Gasteiger partial charge in [-0.1, -0.05) is 11.6 Å². The van der Waals surface area contributed by atoms with Gasteiger partial charge in [-0.3, -0.25) is 9.78 Å². The van der Waals surface area contributed by atoms with Crippen molar-refractivity contribution in [1.29, 1.82) is 0 Å². The van der Waals surface area contributed by atoms with Crippen LogP contribution >= 0.6 is 11.6 Å². The predicted molar refractivity (Wildman–Crippen MR) is 124 cm³/mol. The second-order valence-electron chi connectivity index (χ2n) is 6.97. The molecular formula is C25H16ClN3O3. The first-order chi connectivity index (χ1) is 15.6. The van der Waals surface area contributed by atoms with Crippen molar-refractivity contribution in [2.45, 2.75) is 0 Å². The molecule has 1 N–H and O–H groups in total. The largest absolute Gasteiger partial charge is 0.457 e. The third-order valence-electron chi connectivity index (χ3n) is 4.72. The fourth-order valence-electron chi connectivity index (χ4n) is 3.17. The van der Waals surface area contributed by atoms with Crippen molar-refractivity contribution in [3.05, 3.63) is 96.0 Å². The summed E-state index contributed by atoms with van der Waals surface area (Å²) >= 11 is 5.92. The van der Waals surface area contributed by atoms with Crippen molar-refractivity contribution in [2.75, 3.05) is 5.32 Å². The molecule has 5 aromatic rings. The summed E-state index contributed by atoms with van der Waals surface area (Å²) < 4.78 is 11.5. The molecule has 7 heteroatoms. The molecular weight excluding hydrogens is 426 g/mol. The van der Waals surface area contributed by atoms with Crippen molar-refractivity contribution in [3.63, 3.8) is 0 Å². The van der Waals surface area contributed by atoms with E-state index in [1.807, 2.05) is 30.3 Å². The van der Waals surface area contributed by atoms with E-state index in [1.54, 1.807) is 54.9 Å². The van der Waals surface area contributed by atoms with Crippen LogP contribution in [0.3, 0.4) is 0 Å². The number of halogens is 1. The molecule has 0 aliphatic heterocycles. The molecule has 0 saturated heterocycles. The highest BCUT2D eigenvalue weighted by molar-refractivity contribution is 6.30. The smallest absolute Gasteiger partial charge is 0.248 e. The highest BCUT2D eigenvalue weighted by Crippen LogP contribution is 2.26. The molecule has 0 aliphatic carbocycles. The van der Waals surface area contributed by atoms with Crippen LogP contribution in [0.15, 0.2) is 94.0 Å². The van der Waals surface area contributed by atoms with E-state index < -0.39 is 0 Å². The number of carbonyl (C=O) groups excluding carboxylic acids is 1. The van der Waals surface area contributed by atoms with Gasteiger partial charge in [0.1, 0.15) is 17.0 Å². The molecule has 0 radical (unpaired) electrons. The summed E-state index contributed by atoms with van der Waals surface area (Å²) in [5.41, 5.74) is 3.57. The molecule has 0 fully saturated rings. The topological polar surface area (TPSA) is 81.2 Å². The number of carbonyl (C=O) groups is 1. The maximum atomic E-state index is 12.4. The minimum atomic E-state index is -0.287. The van der Waals surface area contributed by atoms with E-state index in [9.17, 15) is 4.79 Å². The van der Waals surface area contributed by atoms with Gasteiger partial charge in [0, 0.05) is 34.7 Å². The molecule has 0 saturated carbocycles. The number of nitrogens with zero attached hydrogens (tertiary/aromatic N) is 2. The Kier molecular flexibility index (Phi) is 5.27. The monoisotopic (exact) mass is 441 g/mol. The molecule has 0 bridgehead atoms. The van der Waals surface area contributed by atoms with Crippen LogP contribution in [0, 0.1) is 0 Å². The molecule has 0 spiro atoms. The fourth-order valence-corrected chi connectivity index (χ4v) is 3.30. The first-order valence-electron chi connectivity index (χ1n) is 9.80. The number of pyridine rings is 1. The van der Waals surface area contributed by atoms with Gasteiger partial charge in [-0.05, 0) is 72.8 Å². The molecule has 3 aromatic heterocycles. The van der Waals surface area contributed by atoms with E-state index in [0.717, 1.165) is 11.1 Å². The first-order valence-corrected chi connectivity index (χ1v) is 10.2. The number of hydrogen-bond donors (Lipinski definition) is 1. The number of hydrogen-bond acceptors (Lipinski definition) is 5. The maximum absolute atomic E-state index is 12.4. The molecule has 156 valence electrons. The minimum Gasteiger partial charge on any atom is -0.457 e. The zero-order chi connectivity index (χ0) is 21.9. The maximum Gasteiger partial charge on any atom is 0.248 e. The summed E-state index contributed by atoms with van der Waals surface area (Å²) in [6.07, 6.45) is 6.40. The number of furan rings is 1. The van der Waals surface area contributed by atoms with Gasteiger partial charge in [-0.25, -0.2) is 4.98 Å². The standard InChI is InChI=1S/C25H16ClN3O3/c26-18-5-3-16(4-6-18)22-11-8-20(31-22)9-12-24(30)28-19-7-10-23-21(14-19)29-25(32-23)17-2-1-13-27-15-17/h1-15H,(H,28,30)/b12-9+. The minimum absolute atomic E-state index is 0.287. The van der Waals surface area contributed by atoms with Crippen molar-refractivity contribution in [1.82, 2.24) is 9.97 Å². The van der Waals surface area contributed by atoms with Crippen LogP contribution in [0.5, 0.6) is 0 Å². The van der Waals surface area contributed by atoms with E-state index >= 15 is 0 Å². The Morgan fingerprint density at radius 2 is 1.84 bits per heavy atom. The SMILES string of the molecule is O=C(/C=C/c1ccc(-c2ccc(Cl)cc2)o1)Nc1ccc2oc(-c3cccnc3)nc2c1. The van der Waals surface area contributed by atoms with Crippen LogP contribution in [0.25, 0.3) is 40.0 Å². The van der Waals surface area contributed by atoms with Gasteiger partial charge in [-0.2, -0.15) is 0 Å². The van der Waals surface area contributed by atoms with Crippen LogP contribution in [-0.2, 0) is 4.79 Å². The Morgan fingerprint density at radius 3 is 2.66 bits per heavy atom. The zero-order valence-corrected chi connectivity index (χ0v) is 17.4. The Hall–Kier alpha value is -4.16. The second kappa shape index (κ2) is 8.53. The Labute approximate surface area is 188 Å². The van der Waals surface area contributed by atoms with Gasteiger partial charge < -0.3 is 14.2 Å². The highest BCUT2D eigenvalue weighted by atomic mass is 35.5. The number of amides is 1. The van der Waals surface area contributed by atoms with Crippen molar-refractivity contribution in [3.8, 4) is 22.8 Å². The van der Waals surface area contributed by atoms with Crippen molar-refractivity contribution < 1.29 is 13.6 Å².